The summed E-state index contributed by atoms with van der Waals surface area (Å²) in [6.07, 6.45) is 2.02. The largest absolute Gasteiger partial charge is 0.482 e. The Morgan fingerprint density at radius 1 is 1.57 bits per heavy atom. The third-order valence-electron chi connectivity index (χ3n) is 3.04. The van der Waals surface area contributed by atoms with Crippen LogP contribution in [0.3, 0.4) is 0 Å². The third kappa shape index (κ3) is 4.57. The summed E-state index contributed by atoms with van der Waals surface area (Å²) >= 11 is 5.86. The van der Waals surface area contributed by atoms with Crippen molar-refractivity contribution in [2.45, 2.75) is 18.9 Å². The van der Waals surface area contributed by atoms with Crippen LogP contribution in [-0.4, -0.2) is 36.7 Å². The highest BCUT2D eigenvalue weighted by atomic mass is 35.5. The number of hydrogen-bond acceptors (Lipinski definition) is 5. The van der Waals surface area contributed by atoms with Crippen LogP contribution in [0.15, 0.2) is 18.2 Å². The Morgan fingerprint density at radius 3 is 3.00 bits per heavy atom. The molecule has 0 aromatic heterocycles. The number of non-ortho nitro benzene ring substituents is 1. The van der Waals surface area contributed by atoms with Gasteiger partial charge in [-0.2, -0.15) is 0 Å². The molecule has 1 heterocycles. The molecule has 1 fully saturated rings. The van der Waals surface area contributed by atoms with E-state index in [1.807, 2.05) is 0 Å². The Hall–Kier alpha value is -1.86. The minimum absolute atomic E-state index is 0.0666. The van der Waals surface area contributed by atoms with Gasteiger partial charge in [0.25, 0.3) is 11.6 Å². The molecule has 0 radical (unpaired) electrons. The molecule has 114 valence electrons. The first-order chi connectivity index (χ1) is 10.1. The predicted molar refractivity (Wildman–Crippen MR) is 75.6 cm³/mol. The molecule has 1 aromatic rings. The van der Waals surface area contributed by atoms with Crippen molar-refractivity contribution in [2.75, 3.05) is 19.8 Å². The van der Waals surface area contributed by atoms with Gasteiger partial charge in [0, 0.05) is 25.3 Å². The van der Waals surface area contributed by atoms with E-state index >= 15 is 0 Å². The molecule has 8 heteroatoms. The van der Waals surface area contributed by atoms with Gasteiger partial charge in [-0.15, -0.1) is 0 Å². The first-order valence-electron chi connectivity index (χ1n) is 6.51. The van der Waals surface area contributed by atoms with Gasteiger partial charge in [-0.3, -0.25) is 14.9 Å². The van der Waals surface area contributed by atoms with E-state index in [1.54, 1.807) is 0 Å². The lowest BCUT2D eigenvalue weighted by Crippen LogP contribution is -2.35. The highest BCUT2D eigenvalue weighted by molar-refractivity contribution is 6.32. The minimum atomic E-state index is -0.552. The zero-order valence-electron chi connectivity index (χ0n) is 11.2. The molecular formula is C13H15ClN2O5. The second-order valence-electron chi connectivity index (χ2n) is 4.60. The van der Waals surface area contributed by atoms with Gasteiger partial charge in [0.15, 0.2) is 6.61 Å². The normalized spacial score (nSPS) is 17.5. The maximum absolute atomic E-state index is 11.6. The zero-order chi connectivity index (χ0) is 15.2. The number of benzene rings is 1. The molecule has 0 bridgehead atoms. The van der Waals surface area contributed by atoms with Crippen molar-refractivity contribution < 1.29 is 19.2 Å². The lowest BCUT2D eigenvalue weighted by atomic mass is 10.2. The number of nitrogens with one attached hydrogen (secondary N) is 1. The summed E-state index contributed by atoms with van der Waals surface area (Å²) in [5, 5.41) is 13.4. The molecule has 1 aromatic carbocycles. The molecule has 0 aliphatic carbocycles. The Bertz CT molecular complexity index is 531. The van der Waals surface area contributed by atoms with Gasteiger partial charge in [0.05, 0.1) is 16.0 Å². The van der Waals surface area contributed by atoms with Crippen LogP contribution in [0.1, 0.15) is 12.8 Å². The van der Waals surface area contributed by atoms with E-state index in [-0.39, 0.29) is 35.1 Å². The van der Waals surface area contributed by atoms with Crippen LogP contribution in [-0.2, 0) is 9.53 Å². The number of carbonyl (C=O) groups is 1. The fourth-order valence-electron chi connectivity index (χ4n) is 1.95. The maximum Gasteiger partial charge on any atom is 0.271 e. The van der Waals surface area contributed by atoms with Crippen LogP contribution in [0.25, 0.3) is 0 Å². The number of rotatable bonds is 6. The summed E-state index contributed by atoms with van der Waals surface area (Å²) in [6, 6.07) is 3.82. The fraction of sp³-hybridized carbons (Fsp3) is 0.462. The van der Waals surface area contributed by atoms with Gasteiger partial charge in [0.2, 0.25) is 0 Å². The number of nitro groups is 1. The Labute approximate surface area is 126 Å². The van der Waals surface area contributed by atoms with E-state index in [2.05, 4.69) is 5.32 Å². The van der Waals surface area contributed by atoms with Gasteiger partial charge >= 0.3 is 0 Å². The van der Waals surface area contributed by atoms with E-state index in [9.17, 15) is 14.9 Å². The van der Waals surface area contributed by atoms with Crippen molar-refractivity contribution in [3.63, 3.8) is 0 Å². The Morgan fingerprint density at radius 2 is 2.38 bits per heavy atom. The highest BCUT2D eigenvalue weighted by Gasteiger charge is 2.16. The molecule has 2 rings (SSSR count). The number of hydrogen-bond donors (Lipinski definition) is 1. The summed E-state index contributed by atoms with van der Waals surface area (Å²) in [4.78, 5) is 21.6. The number of halogens is 1. The van der Waals surface area contributed by atoms with Gasteiger partial charge in [-0.1, -0.05) is 11.6 Å². The van der Waals surface area contributed by atoms with Crippen molar-refractivity contribution in [1.82, 2.24) is 5.32 Å². The standard InChI is InChI=1S/C13H15ClN2O5/c14-11-6-9(16(18)19)3-4-12(11)21-8-13(17)15-7-10-2-1-5-20-10/h3-4,6,10H,1-2,5,7-8H2,(H,15,17)/t10-/m1/s1. The summed E-state index contributed by atoms with van der Waals surface area (Å²) in [7, 11) is 0. The smallest absolute Gasteiger partial charge is 0.271 e. The van der Waals surface area contributed by atoms with Crippen LogP contribution in [0.4, 0.5) is 5.69 Å². The zero-order valence-corrected chi connectivity index (χ0v) is 12.0. The maximum atomic E-state index is 11.6. The second-order valence-corrected chi connectivity index (χ2v) is 5.01. The molecule has 21 heavy (non-hydrogen) atoms. The van der Waals surface area contributed by atoms with Gasteiger partial charge in [-0.05, 0) is 18.9 Å². The van der Waals surface area contributed by atoms with E-state index in [0.29, 0.717) is 6.54 Å². The topological polar surface area (TPSA) is 90.7 Å². The van der Waals surface area contributed by atoms with E-state index < -0.39 is 4.92 Å². The monoisotopic (exact) mass is 314 g/mol. The number of ether oxygens (including phenoxy) is 2. The van der Waals surface area contributed by atoms with Crippen LogP contribution in [0.2, 0.25) is 5.02 Å². The fourth-order valence-corrected chi connectivity index (χ4v) is 2.18. The van der Waals surface area contributed by atoms with Crippen molar-refractivity contribution in [3.8, 4) is 5.75 Å². The minimum Gasteiger partial charge on any atom is -0.482 e. The SMILES string of the molecule is O=C(COc1ccc([N+](=O)[O-])cc1Cl)NC[C@H]1CCCO1. The molecule has 7 nitrogen and oxygen atoms in total. The second kappa shape index (κ2) is 7.24. The lowest BCUT2D eigenvalue weighted by Gasteiger charge is -2.11. The molecular weight excluding hydrogens is 300 g/mol. The molecule has 1 saturated heterocycles. The van der Waals surface area contributed by atoms with Crippen molar-refractivity contribution in [3.05, 3.63) is 33.3 Å². The number of amides is 1. The summed E-state index contributed by atoms with van der Waals surface area (Å²) < 4.78 is 10.6. The number of carbonyl (C=O) groups excluding carboxylic acids is 1. The van der Waals surface area contributed by atoms with Gasteiger partial charge in [-0.25, -0.2) is 0 Å². The lowest BCUT2D eigenvalue weighted by molar-refractivity contribution is -0.384. The molecule has 1 amide bonds. The van der Waals surface area contributed by atoms with Crippen LogP contribution >= 0.6 is 11.6 Å². The van der Waals surface area contributed by atoms with Crippen molar-refractivity contribution >= 4 is 23.2 Å². The number of nitrogens with zero attached hydrogens (tertiary/aromatic N) is 1. The molecule has 1 aliphatic rings. The average Bonchev–Trinajstić information content (AvgIpc) is 2.97. The molecule has 0 spiro atoms. The Balaban J connectivity index is 1.79. The predicted octanol–water partition coefficient (Wildman–Crippen LogP) is 1.92. The van der Waals surface area contributed by atoms with Crippen LogP contribution < -0.4 is 10.1 Å². The molecule has 0 saturated carbocycles. The molecule has 1 atom stereocenters. The first-order valence-corrected chi connectivity index (χ1v) is 6.89. The number of nitro benzene ring substituents is 1. The summed E-state index contributed by atoms with van der Waals surface area (Å²) in [6.45, 7) is 0.982. The molecule has 0 unspecified atom stereocenters. The Kier molecular flexibility index (Phi) is 5.35. The first kappa shape index (κ1) is 15.5. The summed E-state index contributed by atoms with van der Waals surface area (Å²) in [5.74, 6) is -0.0607. The van der Waals surface area contributed by atoms with Crippen LogP contribution in [0, 0.1) is 10.1 Å². The van der Waals surface area contributed by atoms with Crippen molar-refractivity contribution in [2.24, 2.45) is 0 Å². The highest BCUT2D eigenvalue weighted by Crippen LogP contribution is 2.28. The van der Waals surface area contributed by atoms with E-state index in [1.165, 1.54) is 18.2 Å². The van der Waals surface area contributed by atoms with Crippen LogP contribution in [0.5, 0.6) is 5.75 Å². The molecule has 1 N–H and O–H groups in total. The van der Waals surface area contributed by atoms with Gasteiger partial charge in [0.1, 0.15) is 5.75 Å². The van der Waals surface area contributed by atoms with E-state index in [4.69, 9.17) is 21.1 Å². The van der Waals surface area contributed by atoms with Gasteiger partial charge < -0.3 is 14.8 Å². The van der Waals surface area contributed by atoms with Crippen molar-refractivity contribution in [1.29, 1.82) is 0 Å². The third-order valence-corrected chi connectivity index (χ3v) is 3.33. The summed E-state index contributed by atoms with van der Waals surface area (Å²) in [5.41, 5.74) is -0.129. The molecule has 1 aliphatic heterocycles. The average molecular weight is 315 g/mol. The quantitative estimate of drug-likeness (QED) is 0.640. The van der Waals surface area contributed by atoms with E-state index in [0.717, 1.165) is 19.4 Å².